The van der Waals surface area contributed by atoms with Crippen LogP contribution in [0.5, 0.6) is 0 Å². The van der Waals surface area contributed by atoms with Crippen LogP contribution in [-0.2, 0) is 22.4 Å². The van der Waals surface area contributed by atoms with E-state index in [0.717, 1.165) is 17.8 Å². The molecule has 0 radical (unpaired) electrons. The van der Waals surface area contributed by atoms with Gasteiger partial charge >= 0.3 is 0 Å². The summed E-state index contributed by atoms with van der Waals surface area (Å²) in [5.74, 6) is 0.901. The van der Waals surface area contributed by atoms with Gasteiger partial charge in [-0.1, -0.05) is 24.3 Å². The molecule has 0 bridgehead atoms. The minimum atomic E-state index is -0.126. The van der Waals surface area contributed by atoms with Gasteiger partial charge in [0.15, 0.2) is 0 Å². The monoisotopic (exact) mass is 285 g/mol. The van der Waals surface area contributed by atoms with Gasteiger partial charge in [-0.3, -0.25) is 4.79 Å². The summed E-state index contributed by atoms with van der Waals surface area (Å²) in [7, 11) is 0. The molecule has 1 aliphatic rings. The molecule has 110 valence electrons. The van der Waals surface area contributed by atoms with Crippen molar-refractivity contribution in [1.29, 1.82) is 0 Å². The van der Waals surface area contributed by atoms with E-state index in [9.17, 15) is 4.79 Å². The molecule has 0 saturated heterocycles. The fourth-order valence-electron chi connectivity index (χ4n) is 2.64. The molecule has 0 saturated carbocycles. The first kappa shape index (κ1) is 13.8. The van der Waals surface area contributed by atoms with Gasteiger partial charge in [0.25, 0.3) is 0 Å². The van der Waals surface area contributed by atoms with Crippen molar-refractivity contribution < 1.29 is 9.53 Å². The number of benzene rings is 1. The highest BCUT2D eigenvalue weighted by atomic mass is 16.5. The van der Waals surface area contributed by atoms with Gasteiger partial charge < -0.3 is 15.0 Å². The summed E-state index contributed by atoms with van der Waals surface area (Å²) in [6.45, 7) is 1.27. The minimum absolute atomic E-state index is 0.0169. The second kappa shape index (κ2) is 6.54. The van der Waals surface area contributed by atoms with Crippen molar-refractivity contribution in [2.45, 2.75) is 25.4 Å². The molecule has 0 fully saturated rings. The average molecular weight is 285 g/mol. The first-order valence-electron chi connectivity index (χ1n) is 7.27. The molecule has 1 amide bonds. The first-order chi connectivity index (χ1) is 10.3. The third kappa shape index (κ3) is 3.49. The Labute approximate surface area is 123 Å². The summed E-state index contributed by atoms with van der Waals surface area (Å²) in [4.78, 5) is 19.2. The first-order valence-corrected chi connectivity index (χ1v) is 7.27. The number of H-pyrrole nitrogens is 1. The molecular weight excluding hydrogens is 266 g/mol. The second-order valence-corrected chi connectivity index (χ2v) is 5.15. The zero-order valence-corrected chi connectivity index (χ0v) is 11.8. The van der Waals surface area contributed by atoms with Crippen molar-refractivity contribution in [3.63, 3.8) is 0 Å². The zero-order valence-electron chi connectivity index (χ0n) is 11.8. The summed E-state index contributed by atoms with van der Waals surface area (Å²) in [6.07, 6.45) is 5.37. The van der Waals surface area contributed by atoms with Gasteiger partial charge in [0.1, 0.15) is 5.82 Å². The number of nitrogens with one attached hydrogen (secondary N) is 2. The Morgan fingerprint density at radius 3 is 3.19 bits per heavy atom. The Bertz CT molecular complexity index is 595. The quantitative estimate of drug-likeness (QED) is 0.880. The average Bonchev–Trinajstić information content (AvgIpc) is 3.01. The molecule has 1 aromatic carbocycles. The number of aromatic nitrogens is 2. The van der Waals surface area contributed by atoms with Crippen molar-refractivity contribution in [3.05, 3.63) is 53.6 Å². The van der Waals surface area contributed by atoms with Crippen LogP contribution in [0.25, 0.3) is 0 Å². The maximum Gasteiger partial charge on any atom is 0.222 e. The van der Waals surface area contributed by atoms with Crippen LogP contribution in [0.15, 0.2) is 36.7 Å². The van der Waals surface area contributed by atoms with Crippen LogP contribution in [0.1, 0.15) is 29.5 Å². The van der Waals surface area contributed by atoms with Gasteiger partial charge in [0.05, 0.1) is 19.1 Å². The van der Waals surface area contributed by atoms with Gasteiger partial charge in [0.2, 0.25) is 5.91 Å². The van der Waals surface area contributed by atoms with Crippen LogP contribution < -0.4 is 5.32 Å². The summed E-state index contributed by atoms with van der Waals surface area (Å²) < 4.78 is 5.75. The van der Waals surface area contributed by atoms with Crippen LogP contribution in [0, 0.1) is 0 Å². The third-order valence-electron chi connectivity index (χ3n) is 3.70. The van der Waals surface area contributed by atoms with E-state index in [0.29, 0.717) is 26.0 Å². The Morgan fingerprint density at radius 1 is 1.43 bits per heavy atom. The molecule has 3 rings (SSSR count). The van der Waals surface area contributed by atoms with Crippen LogP contribution in [-0.4, -0.2) is 29.0 Å². The standard InChI is InChI=1S/C16H19N3O2/c20-16(19-7-5-15-17-8-9-18-15)11-14-13-4-2-1-3-12(13)6-10-21-14/h1-4,8-9,14H,5-7,10-11H2,(H,17,18)(H,19,20)/t14-/m0/s1. The highest BCUT2D eigenvalue weighted by Gasteiger charge is 2.22. The molecule has 2 N–H and O–H groups in total. The predicted molar refractivity (Wildman–Crippen MR) is 78.8 cm³/mol. The molecule has 5 heteroatoms. The minimum Gasteiger partial charge on any atom is -0.373 e. The smallest absolute Gasteiger partial charge is 0.222 e. The molecule has 0 spiro atoms. The van der Waals surface area contributed by atoms with E-state index >= 15 is 0 Å². The van der Waals surface area contributed by atoms with E-state index in [2.05, 4.69) is 27.4 Å². The molecule has 1 atom stereocenters. The lowest BCUT2D eigenvalue weighted by Crippen LogP contribution is -2.29. The number of nitrogens with zero attached hydrogens (tertiary/aromatic N) is 1. The van der Waals surface area contributed by atoms with Crippen molar-refractivity contribution >= 4 is 5.91 Å². The number of amides is 1. The summed E-state index contributed by atoms with van der Waals surface area (Å²) in [5.41, 5.74) is 2.43. The molecule has 1 aromatic heterocycles. The third-order valence-corrected chi connectivity index (χ3v) is 3.70. The zero-order chi connectivity index (χ0) is 14.5. The number of carbonyl (C=O) groups is 1. The number of fused-ring (bicyclic) bond motifs is 1. The van der Waals surface area contributed by atoms with E-state index in [1.165, 1.54) is 5.56 Å². The maximum atomic E-state index is 12.0. The largest absolute Gasteiger partial charge is 0.373 e. The summed E-state index contributed by atoms with van der Waals surface area (Å²) in [6, 6.07) is 8.19. The van der Waals surface area contributed by atoms with E-state index in [-0.39, 0.29) is 12.0 Å². The van der Waals surface area contributed by atoms with E-state index in [4.69, 9.17) is 4.74 Å². The van der Waals surface area contributed by atoms with E-state index in [1.54, 1.807) is 12.4 Å². The summed E-state index contributed by atoms with van der Waals surface area (Å²) in [5, 5.41) is 2.92. The Balaban J connectivity index is 1.51. The molecule has 2 aromatic rings. The van der Waals surface area contributed by atoms with Crippen LogP contribution >= 0.6 is 0 Å². The molecule has 21 heavy (non-hydrogen) atoms. The highest BCUT2D eigenvalue weighted by molar-refractivity contribution is 5.76. The van der Waals surface area contributed by atoms with Crippen LogP contribution in [0.3, 0.4) is 0 Å². The SMILES string of the molecule is O=C(C[C@@H]1OCCc2ccccc21)NCCc1ncc[nH]1. The lowest BCUT2D eigenvalue weighted by atomic mass is 9.95. The number of carbonyl (C=O) groups excluding carboxylic acids is 1. The fourth-order valence-corrected chi connectivity index (χ4v) is 2.64. The highest BCUT2D eigenvalue weighted by Crippen LogP contribution is 2.29. The molecular formula is C16H19N3O2. The molecule has 0 aliphatic carbocycles. The normalized spacial score (nSPS) is 17.2. The molecule has 0 unspecified atom stereocenters. The summed E-state index contributed by atoms with van der Waals surface area (Å²) >= 11 is 0. The lowest BCUT2D eigenvalue weighted by Gasteiger charge is -2.25. The lowest BCUT2D eigenvalue weighted by molar-refractivity contribution is -0.124. The Hall–Kier alpha value is -2.14. The number of imidazole rings is 1. The topological polar surface area (TPSA) is 67.0 Å². The maximum absolute atomic E-state index is 12.0. The number of rotatable bonds is 5. The number of hydrogen-bond donors (Lipinski definition) is 2. The molecule has 5 nitrogen and oxygen atoms in total. The van der Waals surface area contributed by atoms with Gasteiger partial charge in [-0.25, -0.2) is 4.98 Å². The molecule has 2 heterocycles. The number of ether oxygens (including phenoxy) is 1. The van der Waals surface area contributed by atoms with Crippen molar-refractivity contribution in [3.8, 4) is 0 Å². The number of aromatic amines is 1. The van der Waals surface area contributed by atoms with Crippen molar-refractivity contribution in [2.24, 2.45) is 0 Å². The van der Waals surface area contributed by atoms with Crippen LogP contribution in [0.2, 0.25) is 0 Å². The molecule has 1 aliphatic heterocycles. The van der Waals surface area contributed by atoms with Gasteiger partial charge in [-0.15, -0.1) is 0 Å². The van der Waals surface area contributed by atoms with Gasteiger partial charge in [0, 0.05) is 25.4 Å². The Kier molecular flexibility index (Phi) is 4.31. The van der Waals surface area contributed by atoms with Crippen molar-refractivity contribution in [1.82, 2.24) is 15.3 Å². The number of hydrogen-bond acceptors (Lipinski definition) is 3. The Morgan fingerprint density at radius 2 is 2.33 bits per heavy atom. The fraction of sp³-hybridized carbons (Fsp3) is 0.375. The van der Waals surface area contributed by atoms with E-state index < -0.39 is 0 Å². The van der Waals surface area contributed by atoms with Crippen molar-refractivity contribution in [2.75, 3.05) is 13.2 Å². The van der Waals surface area contributed by atoms with E-state index in [1.807, 2.05) is 12.1 Å². The second-order valence-electron chi connectivity index (χ2n) is 5.15. The van der Waals surface area contributed by atoms with Gasteiger partial charge in [-0.2, -0.15) is 0 Å². The van der Waals surface area contributed by atoms with Crippen LogP contribution in [0.4, 0.5) is 0 Å². The van der Waals surface area contributed by atoms with Gasteiger partial charge in [-0.05, 0) is 17.5 Å². The predicted octanol–water partition coefficient (Wildman–Crippen LogP) is 1.77.